The van der Waals surface area contributed by atoms with Crippen LogP contribution in [0.2, 0.25) is 0 Å². The van der Waals surface area contributed by atoms with Crippen LogP contribution < -0.4 is 5.32 Å². The highest BCUT2D eigenvalue weighted by molar-refractivity contribution is 9.11. The molecule has 1 aliphatic rings. The fourth-order valence-corrected chi connectivity index (χ4v) is 2.85. The summed E-state index contributed by atoms with van der Waals surface area (Å²) in [4.78, 5) is 0. The van der Waals surface area contributed by atoms with Crippen LogP contribution in [0.4, 0.5) is 5.69 Å². The maximum Gasteiger partial charge on any atom is 0.0819 e. The molecule has 1 saturated carbocycles. The van der Waals surface area contributed by atoms with Crippen LogP contribution in [0.1, 0.15) is 25.7 Å². The van der Waals surface area contributed by atoms with Crippen LogP contribution in [-0.2, 0) is 0 Å². The molecule has 0 unspecified atom stereocenters. The molecule has 0 bridgehead atoms. The quantitative estimate of drug-likeness (QED) is 0.867. The van der Waals surface area contributed by atoms with Crippen molar-refractivity contribution in [2.24, 2.45) is 0 Å². The molecule has 2 nitrogen and oxygen atoms in total. The minimum Gasteiger partial charge on any atom is -0.388 e. The normalized spacial score (nSPS) is 18.7. The second-order valence-corrected chi connectivity index (χ2v) is 6.18. The molecule has 1 aromatic carbocycles. The van der Waals surface area contributed by atoms with Gasteiger partial charge < -0.3 is 10.4 Å². The van der Waals surface area contributed by atoms with E-state index >= 15 is 0 Å². The maximum atomic E-state index is 10.2. The molecule has 1 aliphatic carbocycles. The van der Waals surface area contributed by atoms with E-state index in [1.807, 2.05) is 18.2 Å². The first kappa shape index (κ1) is 12.4. The second kappa shape index (κ2) is 5.07. The molecule has 0 saturated heterocycles. The molecular formula is C12H15Br2NO. The van der Waals surface area contributed by atoms with Gasteiger partial charge in [-0.3, -0.25) is 0 Å². The van der Waals surface area contributed by atoms with Crippen molar-refractivity contribution in [2.75, 3.05) is 11.9 Å². The first-order valence-electron chi connectivity index (χ1n) is 5.50. The molecule has 1 fully saturated rings. The summed E-state index contributed by atoms with van der Waals surface area (Å²) in [6, 6.07) is 5.99. The molecule has 2 N–H and O–H groups in total. The summed E-state index contributed by atoms with van der Waals surface area (Å²) in [5.74, 6) is 0. The van der Waals surface area contributed by atoms with Gasteiger partial charge in [0, 0.05) is 21.2 Å². The number of halogens is 2. The molecule has 16 heavy (non-hydrogen) atoms. The molecule has 88 valence electrons. The van der Waals surface area contributed by atoms with E-state index in [-0.39, 0.29) is 0 Å². The summed E-state index contributed by atoms with van der Waals surface area (Å²) < 4.78 is 2.06. The first-order valence-corrected chi connectivity index (χ1v) is 7.09. The lowest BCUT2D eigenvalue weighted by Crippen LogP contribution is -2.33. The predicted molar refractivity (Wildman–Crippen MR) is 73.7 cm³/mol. The Morgan fingerprint density at radius 3 is 2.62 bits per heavy atom. The zero-order chi connectivity index (χ0) is 11.6. The second-order valence-electron chi connectivity index (χ2n) is 4.41. The van der Waals surface area contributed by atoms with Gasteiger partial charge in [0.2, 0.25) is 0 Å². The zero-order valence-electron chi connectivity index (χ0n) is 8.97. The van der Waals surface area contributed by atoms with Gasteiger partial charge in [0.05, 0.1) is 5.60 Å². The van der Waals surface area contributed by atoms with Gasteiger partial charge >= 0.3 is 0 Å². The summed E-state index contributed by atoms with van der Waals surface area (Å²) in [6.45, 7) is 0.627. The Bertz CT molecular complexity index is 375. The highest BCUT2D eigenvalue weighted by Gasteiger charge is 2.30. The van der Waals surface area contributed by atoms with Gasteiger partial charge in [-0.05, 0) is 47.0 Å². The molecular weight excluding hydrogens is 334 g/mol. The number of hydrogen-bond donors (Lipinski definition) is 2. The van der Waals surface area contributed by atoms with Gasteiger partial charge in [-0.1, -0.05) is 28.8 Å². The third kappa shape index (κ3) is 2.99. The number of benzene rings is 1. The minimum absolute atomic E-state index is 0.512. The zero-order valence-corrected chi connectivity index (χ0v) is 12.1. The van der Waals surface area contributed by atoms with Crippen molar-refractivity contribution in [2.45, 2.75) is 31.3 Å². The van der Waals surface area contributed by atoms with Crippen LogP contribution in [0.3, 0.4) is 0 Å². The van der Waals surface area contributed by atoms with Crippen molar-refractivity contribution in [1.82, 2.24) is 0 Å². The topological polar surface area (TPSA) is 32.3 Å². The molecule has 1 aromatic rings. The lowest BCUT2D eigenvalue weighted by Gasteiger charge is -2.23. The average Bonchev–Trinajstić information content (AvgIpc) is 2.67. The number of rotatable bonds is 3. The third-order valence-electron chi connectivity index (χ3n) is 3.07. The van der Waals surface area contributed by atoms with E-state index in [1.54, 1.807) is 0 Å². The largest absolute Gasteiger partial charge is 0.388 e. The van der Waals surface area contributed by atoms with Gasteiger partial charge in [0.15, 0.2) is 0 Å². The number of nitrogens with one attached hydrogen (secondary N) is 1. The Hall–Kier alpha value is -0.0600. The maximum absolute atomic E-state index is 10.2. The molecule has 0 aromatic heterocycles. The van der Waals surface area contributed by atoms with Crippen molar-refractivity contribution in [3.05, 3.63) is 27.1 Å². The van der Waals surface area contributed by atoms with E-state index in [0.717, 1.165) is 40.3 Å². The summed E-state index contributed by atoms with van der Waals surface area (Å²) >= 11 is 6.93. The monoisotopic (exact) mass is 347 g/mol. The van der Waals surface area contributed by atoms with E-state index in [0.29, 0.717) is 6.54 Å². The smallest absolute Gasteiger partial charge is 0.0819 e. The number of anilines is 1. The highest BCUT2D eigenvalue weighted by atomic mass is 79.9. The molecule has 0 amide bonds. The van der Waals surface area contributed by atoms with Crippen molar-refractivity contribution in [3.8, 4) is 0 Å². The SMILES string of the molecule is OC1(CNc2cc(Br)ccc2Br)CCCC1. The lowest BCUT2D eigenvalue weighted by atomic mass is 10.0. The number of aliphatic hydroxyl groups is 1. The van der Waals surface area contributed by atoms with Crippen LogP contribution in [0, 0.1) is 0 Å². The van der Waals surface area contributed by atoms with E-state index in [9.17, 15) is 5.11 Å². The Labute approximate surface area is 113 Å². The Morgan fingerprint density at radius 2 is 1.94 bits per heavy atom. The Balaban J connectivity index is 2.01. The number of hydrogen-bond acceptors (Lipinski definition) is 2. The van der Waals surface area contributed by atoms with E-state index in [1.165, 1.54) is 0 Å². The highest BCUT2D eigenvalue weighted by Crippen LogP contribution is 2.31. The van der Waals surface area contributed by atoms with E-state index in [2.05, 4.69) is 37.2 Å². The van der Waals surface area contributed by atoms with Crippen LogP contribution in [0.25, 0.3) is 0 Å². The van der Waals surface area contributed by atoms with Gasteiger partial charge in [0.25, 0.3) is 0 Å². The van der Waals surface area contributed by atoms with Crippen LogP contribution in [-0.4, -0.2) is 17.3 Å². The summed E-state index contributed by atoms with van der Waals surface area (Å²) in [5.41, 5.74) is 0.511. The van der Waals surface area contributed by atoms with Gasteiger partial charge in [-0.25, -0.2) is 0 Å². The molecule has 0 atom stereocenters. The van der Waals surface area contributed by atoms with Gasteiger partial charge in [0.1, 0.15) is 0 Å². The molecule has 0 spiro atoms. The van der Waals surface area contributed by atoms with Crippen molar-refractivity contribution < 1.29 is 5.11 Å². The van der Waals surface area contributed by atoms with Crippen molar-refractivity contribution >= 4 is 37.5 Å². The minimum atomic E-state index is -0.512. The summed E-state index contributed by atoms with van der Waals surface area (Å²) in [7, 11) is 0. The van der Waals surface area contributed by atoms with Crippen LogP contribution in [0.5, 0.6) is 0 Å². The Morgan fingerprint density at radius 1 is 1.25 bits per heavy atom. The average molecular weight is 349 g/mol. The van der Waals surface area contributed by atoms with Crippen molar-refractivity contribution in [3.63, 3.8) is 0 Å². The van der Waals surface area contributed by atoms with Gasteiger partial charge in [-0.2, -0.15) is 0 Å². The van der Waals surface area contributed by atoms with Gasteiger partial charge in [-0.15, -0.1) is 0 Å². The summed E-state index contributed by atoms with van der Waals surface area (Å²) in [6.07, 6.45) is 4.09. The fraction of sp³-hybridized carbons (Fsp3) is 0.500. The lowest BCUT2D eigenvalue weighted by molar-refractivity contribution is 0.0614. The molecule has 4 heteroatoms. The van der Waals surface area contributed by atoms with Crippen LogP contribution >= 0.6 is 31.9 Å². The predicted octanol–water partition coefficient (Wildman–Crippen LogP) is 3.93. The molecule has 0 heterocycles. The van der Waals surface area contributed by atoms with E-state index in [4.69, 9.17) is 0 Å². The van der Waals surface area contributed by atoms with Crippen LogP contribution in [0.15, 0.2) is 27.1 Å². The molecule has 2 rings (SSSR count). The first-order chi connectivity index (χ1) is 7.59. The van der Waals surface area contributed by atoms with Crippen molar-refractivity contribution in [1.29, 1.82) is 0 Å². The molecule has 0 aliphatic heterocycles. The third-order valence-corrected chi connectivity index (χ3v) is 4.26. The summed E-state index contributed by atoms with van der Waals surface area (Å²) in [5, 5.41) is 13.5. The standard InChI is InChI=1S/C12H15Br2NO/c13-9-3-4-10(14)11(7-9)15-8-12(16)5-1-2-6-12/h3-4,7,15-16H,1-2,5-6,8H2. The Kier molecular flexibility index (Phi) is 3.93. The fourth-order valence-electron chi connectivity index (χ4n) is 2.10. The van der Waals surface area contributed by atoms with E-state index < -0.39 is 5.60 Å². The molecule has 0 radical (unpaired) electrons.